The van der Waals surface area contributed by atoms with E-state index in [0.717, 1.165) is 10.0 Å². The van der Waals surface area contributed by atoms with Crippen molar-refractivity contribution in [3.8, 4) is 11.4 Å². The number of anilines is 1. The van der Waals surface area contributed by atoms with Crippen molar-refractivity contribution in [3.63, 3.8) is 0 Å². The minimum Gasteiger partial charge on any atom is -0.350 e. The monoisotopic (exact) mass is 442 g/mol. The maximum atomic E-state index is 12.4. The Labute approximate surface area is 170 Å². The number of nitrogens with zero attached hydrogens (tertiary/aromatic N) is 4. The van der Waals surface area contributed by atoms with Gasteiger partial charge in [-0.3, -0.25) is 9.59 Å². The van der Waals surface area contributed by atoms with Crippen LogP contribution in [0.25, 0.3) is 11.4 Å². The lowest BCUT2D eigenvalue weighted by Crippen LogP contribution is -2.31. The number of benzene rings is 2. The van der Waals surface area contributed by atoms with E-state index in [1.165, 1.54) is 4.80 Å². The second-order valence-corrected chi connectivity index (χ2v) is 7.29. The van der Waals surface area contributed by atoms with Gasteiger partial charge >= 0.3 is 0 Å². The molecule has 0 aliphatic rings. The number of halogens is 1. The van der Waals surface area contributed by atoms with E-state index >= 15 is 0 Å². The molecule has 0 fully saturated rings. The SMILES string of the molecule is CC(C)NC(=O)c1ccccc1NC(=O)Cn1nnc(-c2ccc(Br)cc2)n1. The number of para-hydroxylation sites is 1. The Bertz CT molecular complexity index is 984. The first kappa shape index (κ1) is 19.7. The molecule has 144 valence electrons. The van der Waals surface area contributed by atoms with E-state index < -0.39 is 0 Å². The molecule has 0 unspecified atom stereocenters. The van der Waals surface area contributed by atoms with Gasteiger partial charge in [-0.15, -0.1) is 10.2 Å². The van der Waals surface area contributed by atoms with Crippen LogP contribution in [-0.4, -0.2) is 38.1 Å². The minimum absolute atomic E-state index is 0.00682. The van der Waals surface area contributed by atoms with Crippen LogP contribution in [0.15, 0.2) is 53.0 Å². The summed E-state index contributed by atoms with van der Waals surface area (Å²) in [4.78, 5) is 25.9. The molecule has 2 N–H and O–H groups in total. The number of hydrogen-bond acceptors (Lipinski definition) is 5. The second kappa shape index (κ2) is 8.75. The van der Waals surface area contributed by atoms with Crippen molar-refractivity contribution in [2.75, 3.05) is 5.32 Å². The zero-order valence-electron chi connectivity index (χ0n) is 15.4. The number of tetrazole rings is 1. The fraction of sp³-hybridized carbons (Fsp3) is 0.211. The quantitative estimate of drug-likeness (QED) is 0.610. The molecule has 0 saturated heterocycles. The number of aromatic nitrogens is 4. The molecule has 0 aliphatic heterocycles. The van der Waals surface area contributed by atoms with Crippen molar-refractivity contribution < 1.29 is 9.59 Å². The zero-order valence-corrected chi connectivity index (χ0v) is 17.0. The maximum absolute atomic E-state index is 12.4. The van der Waals surface area contributed by atoms with E-state index in [1.54, 1.807) is 24.3 Å². The average Bonchev–Trinajstić information content (AvgIpc) is 3.10. The summed E-state index contributed by atoms with van der Waals surface area (Å²) in [5.74, 6) is -0.177. The van der Waals surface area contributed by atoms with Crippen LogP contribution in [0.4, 0.5) is 5.69 Å². The smallest absolute Gasteiger partial charge is 0.253 e. The Morgan fingerprint density at radius 1 is 1.11 bits per heavy atom. The van der Waals surface area contributed by atoms with Gasteiger partial charge in [0.1, 0.15) is 6.54 Å². The molecule has 2 amide bonds. The fourth-order valence-electron chi connectivity index (χ4n) is 2.47. The number of carbonyl (C=O) groups is 2. The molecule has 0 radical (unpaired) electrons. The summed E-state index contributed by atoms with van der Waals surface area (Å²) >= 11 is 3.37. The summed E-state index contributed by atoms with van der Waals surface area (Å²) < 4.78 is 0.947. The van der Waals surface area contributed by atoms with Crippen LogP contribution in [0.1, 0.15) is 24.2 Å². The van der Waals surface area contributed by atoms with Gasteiger partial charge in [0, 0.05) is 16.1 Å². The van der Waals surface area contributed by atoms with Crippen molar-refractivity contribution in [2.45, 2.75) is 26.4 Å². The highest BCUT2D eigenvalue weighted by atomic mass is 79.9. The molecule has 0 aliphatic carbocycles. The Morgan fingerprint density at radius 3 is 2.54 bits per heavy atom. The van der Waals surface area contributed by atoms with E-state index in [-0.39, 0.29) is 24.4 Å². The first-order chi connectivity index (χ1) is 13.4. The Kier molecular flexibility index (Phi) is 6.15. The summed E-state index contributed by atoms with van der Waals surface area (Å²) in [6.07, 6.45) is 0. The van der Waals surface area contributed by atoms with Gasteiger partial charge in [-0.1, -0.05) is 28.1 Å². The lowest BCUT2D eigenvalue weighted by atomic mass is 10.1. The third-order valence-corrected chi connectivity index (χ3v) is 4.23. The molecule has 3 aromatic rings. The number of rotatable bonds is 6. The van der Waals surface area contributed by atoms with Crippen LogP contribution < -0.4 is 10.6 Å². The predicted octanol–water partition coefficient (Wildman–Crippen LogP) is 2.88. The first-order valence-corrected chi connectivity index (χ1v) is 9.45. The van der Waals surface area contributed by atoms with Crippen LogP contribution >= 0.6 is 15.9 Å². The van der Waals surface area contributed by atoms with Gasteiger partial charge in [0.2, 0.25) is 11.7 Å². The molecular formula is C19H19BrN6O2. The summed E-state index contributed by atoms with van der Waals surface area (Å²) in [5, 5.41) is 17.7. The fourth-order valence-corrected chi connectivity index (χ4v) is 2.74. The molecular weight excluding hydrogens is 424 g/mol. The molecule has 0 saturated carbocycles. The Hall–Kier alpha value is -3.07. The molecule has 2 aromatic carbocycles. The van der Waals surface area contributed by atoms with E-state index in [2.05, 4.69) is 42.0 Å². The number of nitrogens with one attached hydrogen (secondary N) is 2. The van der Waals surface area contributed by atoms with E-state index in [9.17, 15) is 9.59 Å². The van der Waals surface area contributed by atoms with Crippen LogP contribution in [0.5, 0.6) is 0 Å². The van der Waals surface area contributed by atoms with Crippen LogP contribution in [-0.2, 0) is 11.3 Å². The third kappa shape index (κ3) is 5.01. The second-order valence-electron chi connectivity index (χ2n) is 6.37. The summed E-state index contributed by atoms with van der Waals surface area (Å²) in [7, 11) is 0. The van der Waals surface area contributed by atoms with Crippen LogP contribution in [0.2, 0.25) is 0 Å². The maximum Gasteiger partial charge on any atom is 0.253 e. The molecule has 1 aromatic heterocycles. The molecule has 0 atom stereocenters. The Morgan fingerprint density at radius 2 is 1.82 bits per heavy atom. The summed E-state index contributed by atoms with van der Waals surface area (Å²) in [5.41, 5.74) is 1.62. The number of hydrogen-bond donors (Lipinski definition) is 2. The van der Waals surface area contributed by atoms with Gasteiger partial charge in [0.15, 0.2) is 0 Å². The van der Waals surface area contributed by atoms with Crippen LogP contribution in [0.3, 0.4) is 0 Å². The molecule has 28 heavy (non-hydrogen) atoms. The highest BCUT2D eigenvalue weighted by Gasteiger charge is 2.15. The Balaban J connectivity index is 1.68. The highest BCUT2D eigenvalue weighted by molar-refractivity contribution is 9.10. The standard InChI is InChI=1S/C19H19BrN6O2/c1-12(2)21-19(28)15-5-3-4-6-16(15)22-17(27)11-26-24-18(23-25-26)13-7-9-14(20)10-8-13/h3-10,12H,11H2,1-2H3,(H,21,28)(H,22,27). The van der Waals surface area contributed by atoms with Crippen LogP contribution in [0, 0.1) is 0 Å². The van der Waals surface area contributed by atoms with E-state index in [1.807, 2.05) is 38.1 Å². The largest absolute Gasteiger partial charge is 0.350 e. The minimum atomic E-state index is -0.357. The number of carbonyl (C=O) groups excluding carboxylic acids is 2. The summed E-state index contributed by atoms with van der Waals surface area (Å²) in [6, 6.07) is 14.3. The van der Waals surface area contributed by atoms with E-state index in [0.29, 0.717) is 17.1 Å². The average molecular weight is 443 g/mol. The predicted molar refractivity (Wildman–Crippen MR) is 109 cm³/mol. The van der Waals surface area contributed by atoms with Gasteiger partial charge in [0.25, 0.3) is 5.91 Å². The molecule has 9 heteroatoms. The third-order valence-electron chi connectivity index (χ3n) is 3.71. The molecule has 0 spiro atoms. The molecule has 0 bridgehead atoms. The highest BCUT2D eigenvalue weighted by Crippen LogP contribution is 2.18. The summed E-state index contributed by atoms with van der Waals surface area (Å²) in [6.45, 7) is 3.63. The van der Waals surface area contributed by atoms with Gasteiger partial charge in [0.05, 0.1) is 11.3 Å². The normalized spacial score (nSPS) is 10.7. The van der Waals surface area contributed by atoms with Crippen molar-refractivity contribution in [1.82, 2.24) is 25.5 Å². The van der Waals surface area contributed by atoms with Crippen molar-refractivity contribution in [3.05, 3.63) is 58.6 Å². The van der Waals surface area contributed by atoms with Gasteiger partial charge in [-0.25, -0.2) is 0 Å². The lowest BCUT2D eigenvalue weighted by Gasteiger charge is -2.12. The van der Waals surface area contributed by atoms with Gasteiger partial charge < -0.3 is 10.6 Å². The number of amides is 2. The van der Waals surface area contributed by atoms with E-state index in [4.69, 9.17) is 0 Å². The first-order valence-electron chi connectivity index (χ1n) is 8.66. The lowest BCUT2D eigenvalue weighted by molar-refractivity contribution is -0.117. The molecule has 1 heterocycles. The van der Waals surface area contributed by atoms with Crippen molar-refractivity contribution >= 4 is 33.4 Å². The molecule has 3 rings (SSSR count). The van der Waals surface area contributed by atoms with Gasteiger partial charge in [-0.05, 0) is 55.5 Å². The zero-order chi connectivity index (χ0) is 20.1. The van der Waals surface area contributed by atoms with Gasteiger partial charge in [-0.2, -0.15) is 4.80 Å². The van der Waals surface area contributed by atoms with Crippen molar-refractivity contribution in [1.29, 1.82) is 0 Å². The topological polar surface area (TPSA) is 102 Å². The molecule has 8 nitrogen and oxygen atoms in total. The van der Waals surface area contributed by atoms with Crippen molar-refractivity contribution in [2.24, 2.45) is 0 Å².